The fourth-order valence-electron chi connectivity index (χ4n) is 3.05. The summed E-state index contributed by atoms with van der Waals surface area (Å²) in [6, 6.07) is 11.7. The van der Waals surface area contributed by atoms with Crippen molar-refractivity contribution < 1.29 is 9.32 Å². The molecule has 0 spiro atoms. The van der Waals surface area contributed by atoms with Gasteiger partial charge in [-0.1, -0.05) is 28.6 Å². The van der Waals surface area contributed by atoms with Crippen LogP contribution in [0.3, 0.4) is 0 Å². The molecule has 0 radical (unpaired) electrons. The van der Waals surface area contributed by atoms with Gasteiger partial charge in [0.1, 0.15) is 5.76 Å². The van der Waals surface area contributed by atoms with E-state index in [0.29, 0.717) is 5.13 Å². The fraction of sp³-hybridized carbons (Fsp3) is 0.200. The lowest BCUT2D eigenvalue weighted by Crippen LogP contribution is -2.25. The summed E-state index contributed by atoms with van der Waals surface area (Å²) in [5, 5.41) is 11.9. The van der Waals surface area contributed by atoms with E-state index in [4.69, 9.17) is 4.52 Å². The molecule has 9 heteroatoms. The molecule has 2 N–H and O–H groups in total. The number of hydrazone groups is 1. The van der Waals surface area contributed by atoms with Crippen LogP contribution in [-0.2, 0) is 4.79 Å². The summed E-state index contributed by atoms with van der Waals surface area (Å²) in [4.78, 5) is 16.5. The van der Waals surface area contributed by atoms with Crippen LogP contribution in [0.1, 0.15) is 22.7 Å². The first-order valence-corrected chi connectivity index (χ1v) is 9.87. The molecule has 0 bridgehead atoms. The smallest absolute Gasteiger partial charge is 0.259 e. The van der Waals surface area contributed by atoms with E-state index in [-0.39, 0.29) is 12.5 Å². The molecule has 0 saturated heterocycles. The number of para-hydroxylation sites is 1. The van der Waals surface area contributed by atoms with Crippen LogP contribution in [0.25, 0.3) is 16.0 Å². The Morgan fingerprint density at radius 1 is 1.28 bits per heavy atom. The molecule has 8 nitrogen and oxygen atoms in total. The van der Waals surface area contributed by atoms with Crippen LogP contribution in [0.15, 0.2) is 46.0 Å². The van der Waals surface area contributed by atoms with Gasteiger partial charge in [-0.05, 0) is 39.0 Å². The Morgan fingerprint density at radius 3 is 2.86 bits per heavy atom. The predicted molar refractivity (Wildman–Crippen MR) is 114 cm³/mol. The number of rotatable bonds is 6. The molecule has 0 fully saturated rings. The molecule has 3 heterocycles. The first-order chi connectivity index (χ1) is 14.0. The number of carbonyl (C=O) groups excluding carboxylic acids is 1. The monoisotopic (exact) mass is 408 g/mol. The van der Waals surface area contributed by atoms with Gasteiger partial charge in [0.2, 0.25) is 0 Å². The van der Waals surface area contributed by atoms with Crippen LogP contribution in [0.4, 0.5) is 5.13 Å². The van der Waals surface area contributed by atoms with Crippen molar-refractivity contribution in [3.05, 3.63) is 59.1 Å². The van der Waals surface area contributed by atoms with E-state index >= 15 is 0 Å². The third-order valence-electron chi connectivity index (χ3n) is 4.40. The summed E-state index contributed by atoms with van der Waals surface area (Å²) in [7, 11) is 0. The van der Waals surface area contributed by atoms with Gasteiger partial charge in [0, 0.05) is 23.0 Å². The van der Waals surface area contributed by atoms with E-state index in [1.165, 1.54) is 11.3 Å². The largest absolute Gasteiger partial charge is 0.360 e. The quantitative estimate of drug-likeness (QED) is 0.376. The lowest BCUT2D eigenvalue weighted by Gasteiger charge is -2.04. The number of carbonyl (C=O) groups is 1. The van der Waals surface area contributed by atoms with E-state index in [9.17, 15) is 4.79 Å². The lowest BCUT2D eigenvalue weighted by atomic mass is 10.3. The number of nitrogens with one attached hydrogen (secondary N) is 2. The first-order valence-electron chi connectivity index (χ1n) is 9.05. The highest BCUT2D eigenvalue weighted by molar-refractivity contribution is 7.22. The van der Waals surface area contributed by atoms with E-state index in [2.05, 4.69) is 26.0 Å². The number of aryl methyl sites for hydroxylation is 2. The molecule has 3 aromatic heterocycles. The highest BCUT2D eigenvalue weighted by Gasteiger charge is 2.12. The van der Waals surface area contributed by atoms with Gasteiger partial charge >= 0.3 is 0 Å². The van der Waals surface area contributed by atoms with E-state index in [1.807, 2.05) is 61.7 Å². The van der Waals surface area contributed by atoms with Crippen molar-refractivity contribution >= 4 is 38.8 Å². The van der Waals surface area contributed by atoms with Crippen molar-refractivity contribution in [2.75, 3.05) is 11.9 Å². The van der Waals surface area contributed by atoms with Gasteiger partial charge in [0.05, 0.1) is 23.0 Å². The van der Waals surface area contributed by atoms with Crippen molar-refractivity contribution in [2.24, 2.45) is 5.10 Å². The first kappa shape index (κ1) is 18.9. The number of fused-ring (bicyclic) bond motifs is 1. The lowest BCUT2D eigenvalue weighted by molar-refractivity contribution is -0.119. The Hall–Kier alpha value is -3.46. The molecule has 1 amide bonds. The number of anilines is 1. The second-order valence-corrected chi connectivity index (χ2v) is 7.62. The van der Waals surface area contributed by atoms with Gasteiger partial charge in [-0.2, -0.15) is 5.10 Å². The maximum atomic E-state index is 12.1. The van der Waals surface area contributed by atoms with E-state index in [1.54, 1.807) is 6.21 Å². The molecule has 29 heavy (non-hydrogen) atoms. The van der Waals surface area contributed by atoms with Gasteiger partial charge < -0.3 is 9.84 Å². The molecule has 0 aliphatic carbocycles. The number of aromatic nitrogens is 3. The number of amides is 1. The molecule has 0 unspecified atom stereocenters. The minimum atomic E-state index is -0.249. The topological polar surface area (TPSA) is 97.3 Å². The van der Waals surface area contributed by atoms with Crippen LogP contribution >= 0.6 is 11.3 Å². The normalized spacial score (nSPS) is 11.4. The van der Waals surface area contributed by atoms with Crippen LogP contribution in [-0.4, -0.2) is 33.4 Å². The second kappa shape index (κ2) is 7.88. The summed E-state index contributed by atoms with van der Waals surface area (Å²) in [5.41, 5.74) is 6.30. The Morgan fingerprint density at radius 2 is 2.10 bits per heavy atom. The zero-order valence-electron chi connectivity index (χ0n) is 16.3. The molecule has 0 aliphatic rings. The van der Waals surface area contributed by atoms with Gasteiger partial charge in [0.15, 0.2) is 10.9 Å². The minimum absolute atomic E-state index is 0.0917. The molecule has 0 atom stereocenters. The van der Waals surface area contributed by atoms with Crippen LogP contribution < -0.4 is 10.7 Å². The number of hydrogen-bond donors (Lipinski definition) is 2. The molecule has 4 aromatic rings. The zero-order valence-corrected chi connectivity index (χ0v) is 17.1. The standard InChI is InChI=1S/C20H20N6O2S/c1-12-8-15(14(3)26(12)18-9-13(2)28-25-18)10-22-24-19(27)11-21-20-23-16-6-4-5-7-17(16)29-20/h4-10H,11H2,1-3H3,(H,21,23)(H,24,27)/b22-10-. The summed E-state index contributed by atoms with van der Waals surface area (Å²) < 4.78 is 8.22. The third-order valence-corrected chi connectivity index (χ3v) is 5.40. The molecule has 0 saturated carbocycles. The van der Waals surface area contributed by atoms with Gasteiger partial charge in [-0.25, -0.2) is 10.4 Å². The molecule has 1 aromatic carbocycles. The van der Waals surface area contributed by atoms with Crippen molar-refractivity contribution in [1.29, 1.82) is 0 Å². The average Bonchev–Trinajstić information content (AvgIpc) is 3.37. The Bertz CT molecular complexity index is 1170. The molecular formula is C20H20N6O2S. The fourth-order valence-corrected chi connectivity index (χ4v) is 3.91. The van der Waals surface area contributed by atoms with Crippen molar-refractivity contribution in [1.82, 2.24) is 20.1 Å². The number of hydrogen-bond acceptors (Lipinski definition) is 7. The van der Waals surface area contributed by atoms with Crippen LogP contribution in [0.5, 0.6) is 0 Å². The van der Waals surface area contributed by atoms with Gasteiger partial charge in [0.25, 0.3) is 5.91 Å². The highest BCUT2D eigenvalue weighted by atomic mass is 32.1. The minimum Gasteiger partial charge on any atom is -0.360 e. The van der Waals surface area contributed by atoms with E-state index < -0.39 is 0 Å². The highest BCUT2D eigenvalue weighted by Crippen LogP contribution is 2.25. The Kier molecular flexibility index (Phi) is 5.13. The predicted octanol–water partition coefficient (Wildman–Crippen LogP) is 3.56. The van der Waals surface area contributed by atoms with Gasteiger partial charge in [-0.15, -0.1) is 0 Å². The molecule has 148 valence electrons. The van der Waals surface area contributed by atoms with Crippen LogP contribution in [0.2, 0.25) is 0 Å². The summed E-state index contributed by atoms with van der Waals surface area (Å²) in [6.07, 6.45) is 1.63. The number of nitrogens with zero attached hydrogens (tertiary/aromatic N) is 4. The summed E-state index contributed by atoms with van der Waals surface area (Å²) in [5.74, 6) is 1.22. The number of thiazole rings is 1. The van der Waals surface area contributed by atoms with Crippen molar-refractivity contribution in [3.63, 3.8) is 0 Å². The van der Waals surface area contributed by atoms with Crippen molar-refractivity contribution in [3.8, 4) is 5.82 Å². The molecule has 4 rings (SSSR count). The van der Waals surface area contributed by atoms with Crippen molar-refractivity contribution in [2.45, 2.75) is 20.8 Å². The maximum absolute atomic E-state index is 12.1. The molecular weight excluding hydrogens is 388 g/mol. The van der Waals surface area contributed by atoms with Gasteiger partial charge in [-0.3, -0.25) is 9.36 Å². The Labute approximate surface area is 171 Å². The SMILES string of the molecule is Cc1cc(-n2c(C)cc(/C=N\NC(=O)CNc3nc4ccccc4s3)c2C)no1. The summed E-state index contributed by atoms with van der Waals surface area (Å²) in [6.45, 7) is 5.89. The second-order valence-electron chi connectivity index (χ2n) is 6.59. The summed E-state index contributed by atoms with van der Waals surface area (Å²) >= 11 is 1.51. The average molecular weight is 408 g/mol. The maximum Gasteiger partial charge on any atom is 0.259 e. The molecule has 0 aliphatic heterocycles. The Balaban J connectivity index is 1.36. The van der Waals surface area contributed by atoms with E-state index in [0.717, 1.165) is 38.7 Å². The van der Waals surface area contributed by atoms with Crippen LogP contribution in [0, 0.1) is 20.8 Å². The number of benzene rings is 1. The third kappa shape index (κ3) is 4.04. The zero-order chi connectivity index (χ0) is 20.4.